The fourth-order valence-electron chi connectivity index (χ4n) is 2.45. The Hall–Kier alpha value is -1.68. The summed E-state index contributed by atoms with van der Waals surface area (Å²) < 4.78 is 1.65. The molecular formula is C13H15N3O. The van der Waals surface area contributed by atoms with E-state index in [9.17, 15) is 5.11 Å². The first-order chi connectivity index (χ1) is 8.24. The van der Waals surface area contributed by atoms with Crippen LogP contribution in [0, 0.1) is 0 Å². The van der Waals surface area contributed by atoms with Crippen molar-refractivity contribution in [3.8, 4) is 0 Å². The molecular weight excluding hydrogens is 214 g/mol. The van der Waals surface area contributed by atoms with Gasteiger partial charge in [-0.2, -0.15) is 0 Å². The molecule has 17 heavy (non-hydrogen) atoms. The van der Waals surface area contributed by atoms with E-state index in [4.69, 9.17) is 0 Å². The highest BCUT2D eigenvalue weighted by Crippen LogP contribution is 2.56. The number of hydrogen-bond donors (Lipinski definition) is 1. The van der Waals surface area contributed by atoms with Gasteiger partial charge in [-0.15, -0.1) is 5.10 Å². The van der Waals surface area contributed by atoms with E-state index in [1.807, 2.05) is 25.2 Å². The molecule has 1 atom stereocenters. The Labute approximate surface area is 99.9 Å². The Morgan fingerprint density at radius 3 is 2.53 bits per heavy atom. The fourth-order valence-corrected chi connectivity index (χ4v) is 2.45. The second-order valence-corrected chi connectivity index (χ2v) is 4.71. The minimum atomic E-state index is -0.523. The van der Waals surface area contributed by atoms with Gasteiger partial charge in [0.1, 0.15) is 6.10 Å². The topological polar surface area (TPSA) is 50.9 Å². The Kier molecular flexibility index (Phi) is 2.26. The van der Waals surface area contributed by atoms with Crippen LogP contribution < -0.4 is 0 Å². The lowest BCUT2D eigenvalue weighted by atomic mass is 9.88. The maximum atomic E-state index is 10.5. The molecule has 1 fully saturated rings. The Balaban J connectivity index is 1.97. The number of rotatable bonds is 3. The SMILES string of the molecule is Cn1nncc1C(O)C1(c2ccccc2)CC1. The van der Waals surface area contributed by atoms with E-state index in [-0.39, 0.29) is 5.41 Å². The number of aliphatic hydroxyl groups is 1. The van der Waals surface area contributed by atoms with Crippen LogP contribution in [0.4, 0.5) is 0 Å². The van der Waals surface area contributed by atoms with Crippen LogP contribution in [0.1, 0.15) is 30.2 Å². The van der Waals surface area contributed by atoms with E-state index >= 15 is 0 Å². The van der Waals surface area contributed by atoms with Gasteiger partial charge >= 0.3 is 0 Å². The van der Waals surface area contributed by atoms with E-state index in [0.29, 0.717) is 0 Å². The third-order valence-electron chi connectivity index (χ3n) is 3.69. The third-order valence-corrected chi connectivity index (χ3v) is 3.69. The van der Waals surface area contributed by atoms with Crippen LogP contribution in [0.2, 0.25) is 0 Å². The van der Waals surface area contributed by atoms with Gasteiger partial charge in [-0.25, -0.2) is 4.68 Å². The van der Waals surface area contributed by atoms with Crippen LogP contribution in [0.5, 0.6) is 0 Å². The summed E-state index contributed by atoms with van der Waals surface area (Å²) >= 11 is 0. The van der Waals surface area contributed by atoms with Crippen LogP contribution in [-0.2, 0) is 12.5 Å². The lowest BCUT2D eigenvalue weighted by molar-refractivity contribution is 0.124. The number of benzene rings is 1. The quantitative estimate of drug-likeness (QED) is 0.869. The maximum Gasteiger partial charge on any atom is 0.107 e. The Morgan fingerprint density at radius 1 is 1.29 bits per heavy atom. The molecule has 0 saturated heterocycles. The molecule has 2 aromatic rings. The Morgan fingerprint density at radius 2 is 2.00 bits per heavy atom. The molecule has 1 unspecified atom stereocenters. The zero-order chi connectivity index (χ0) is 11.9. The normalized spacial score (nSPS) is 18.9. The summed E-state index contributed by atoms with van der Waals surface area (Å²) in [6.45, 7) is 0. The van der Waals surface area contributed by atoms with Gasteiger partial charge in [-0.3, -0.25) is 0 Å². The van der Waals surface area contributed by atoms with Crippen molar-refractivity contribution >= 4 is 0 Å². The van der Waals surface area contributed by atoms with Gasteiger partial charge in [0.05, 0.1) is 11.9 Å². The molecule has 1 saturated carbocycles. The largest absolute Gasteiger partial charge is 0.386 e. The highest BCUT2D eigenvalue weighted by molar-refractivity contribution is 5.35. The monoisotopic (exact) mass is 229 g/mol. The van der Waals surface area contributed by atoms with Gasteiger partial charge < -0.3 is 5.11 Å². The number of aryl methyl sites for hydroxylation is 1. The summed E-state index contributed by atoms with van der Waals surface area (Å²) in [6.07, 6.45) is 3.16. The van der Waals surface area contributed by atoms with Crippen LogP contribution in [0.25, 0.3) is 0 Å². The molecule has 0 radical (unpaired) electrons. The van der Waals surface area contributed by atoms with Crippen LogP contribution in [-0.4, -0.2) is 20.1 Å². The predicted molar refractivity (Wildman–Crippen MR) is 63.3 cm³/mol. The average Bonchev–Trinajstić information content (AvgIpc) is 3.07. The standard InChI is InChI=1S/C13H15N3O/c1-16-11(9-14-15-16)12(17)13(7-8-13)10-5-3-2-4-6-10/h2-6,9,12,17H,7-8H2,1H3. The molecule has 0 spiro atoms. The minimum Gasteiger partial charge on any atom is -0.386 e. The van der Waals surface area contributed by atoms with Crippen LogP contribution >= 0.6 is 0 Å². The molecule has 4 heteroatoms. The summed E-state index contributed by atoms with van der Waals surface area (Å²) in [5, 5.41) is 18.2. The van der Waals surface area contributed by atoms with Crippen LogP contribution in [0.3, 0.4) is 0 Å². The van der Waals surface area contributed by atoms with Gasteiger partial charge in [-0.05, 0) is 18.4 Å². The summed E-state index contributed by atoms with van der Waals surface area (Å²) in [5.41, 5.74) is 1.86. The zero-order valence-electron chi connectivity index (χ0n) is 9.74. The van der Waals surface area contributed by atoms with E-state index in [2.05, 4.69) is 22.4 Å². The molecule has 1 aliphatic rings. The average molecular weight is 229 g/mol. The maximum absolute atomic E-state index is 10.5. The summed E-state index contributed by atoms with van der Waals surface area (Å²) in [7, 11) is 1.81. The molecule has 3 rings (SSSR count). The molecule has 4 nitrogen and oxygen atoms in total. The number of aromatic nitrogens is 3. The van der Waals surface area contributed by atoms with Crippen molar-refractivity contribution in [3.63, 3.8) is 0 Å². The molecule has 1 aliphatic carbocycles. The molecule has 0 amide bonds. The van der Waals surface area contributed by atoms with Gasteiger partial charge in [0, 0.05) is 12.5 Å². The molecule has 0 bridgehead atoms. The first-order valence-electron chi connectivity index (χ1n) is 5.82. The second kappa shape index (κ2) is 3.67. The molecule has 88 valence electrons. The van der Waals surface area contributed by atoms with Crippen molar-refractivity contribution in [2.45, 2.75) is 24.4 Å². The highest BCUT2D eigenvalue weighted by Gasteiger charge is 2.51. The Bertz CT molecular complexity index is 516. The molecule has 1 heterocycles. The lowest BCUT2D eigenvalue weighted by Crippen LogP contribution is -2.20. The lowest BCUT2D eigenvalue weighted by Gasteiger charge is -2.22. The molecule has 1 aromatic carbocycles. The molecule has 1 N–H and O–H groups in total. The zero-order valence-corrected chi connectivity index (χ0v) is 9.74. The number of nitrogens with zero attached hydrogens (tertiary/aromatic N) is 3. The summed E-state index contributed by atoms with van der Waals surface area (Å²) in [5.74, 6) is 0. The van der Waals surface area contributed by atoms with E-state index < -0.39 is 6.10 Å². The predicted octanol–water partition coefficient (Wildman–Crippen LogP) is 1.58. The van der Waals surface area contributed by atoms with Crippen molar-refractivity contribution in [3.05, 3.63) is 47.8 Å². The van der Waals surface area contributed by atoms with Crippen molar-refractivity contribution in [2.24, 2.45) is 7.05 Å². The van der Waals surface area contributed by atoms with Gasteiger partial charge in [0.15, 0.2) is 0 Å². The van der Waals surface area contributed by atoms with Gasteiger partial charge in [0.25, 0.3) is 0 Å². The van der Waals surface area contributed by atoms with E-state index in [1.165, 1.54) is 5.56 Å². The highest BCUT2D eigenvalue weighted by atomic mass is 16.3. The first kappa shape index (κ1) is 10.5. The fraction of sp³-hybridized carbons (Fsp3) is 0.385. The molecule has 1 aromatic heterocycles. The minimum absolute atomic E-state index is 0.128. The smallest absolute Gasteiger partial charge is 0.107 e. The van der Waals surface area contributed by atoms with Crippen molar-refractivity contribution in [1.29, 1.82) is 0 Å². The molecule has 0 aliphatic heterocycles. The van der Waals surface area contributed by atoms with E-state index in [1.54, 1.807) is 10.9 Å². The van der Waals surface area contributed by atoms with Crippen molar-refractivity contribution < 1.29 is 5.11 Å². The van der Waals surface area contributed by atoms with Crippen molar-refractivity contribution in [1.82, 2.24) is 15.0 Å². The van der Waals surface area contributed by atoms with Crippen LogP contribution in [0.15, 0.2) is 36.5 Å². The van der Waals surface area contributed by atoms with Gasteiger partial charge in [0.2, 0.25) is 0 Å². The number of hydrogen-bond acceptors (Lipinski definition) is 3. The van der Waals surface area contributed by atoms with E-state index in [0.717, 1.165) is 18.5 Å². The third kappa shape index (κ3) is 1.56. The summed E-state index contributed by atoms with van der Waals surface area (Å²) in [4.78, 5) is 0. The number of aliphatic hydroxyl groups excluding tert-OH is 1. The second-order valence-electron chi connectivity index (χ2n) is 4.71. The van der Waals surface area contributed by atoms with Crippen molar-refractivity contribution in [2.75, 3.05) is 0 Å². The summed E-state index contributed by atoms with van der Waals surface area (Å²) in [6, 6.07) is 10.2. The van der Waals surface area contributed by atoms with Gasteiger partial charge in [-0.1, -0.05) is 35.5 Å². The first-order valence-corrected chi connectivity index (χ1v) is 5.82.